The lowest BCUT2D eigenvalue weighted by Crippen LogP contribution is -2.49. The van der Waals surface area contributed by atoms with Gasteiger partial charge in [-0.2, -0.15) is 0 Å². The fraction of sp³-hybridized carbons (Fsp3) is 1.00. The Morgan fingerprint density at radius 2 is 0.882 bits per heavy atom. The highest BCUT2D eigenvalue weighted by Gasteiger charge is 2.30. The number of ether oxygens (including phenoxy) is 5. The minimum atomic E-state index is -0.317. The maximum Gasteiger partial charge on any atom is 0.0976 e. The van der Waals surface area contributed by atoms with Gasteiger partial charge in [0.2, 0.25) is 0 Å². The normalized spacial score (nSPS) is 27.6. The summed E-state index contributed by atoms with van der Waals surface area (Å²) in [6.45, 7) is 30.3. The molecule has 0 aromatic carbocycles. The molecule has 4 N–H and O–H groups in total. The lowest BCUT2D eigenvalue weighted by molar-refractivity contribution is -0.0394. The van der Waals surface area contributed by atoms with Gasteiger partial charge in [0.25, 0.3) is 0 Å². The minimum Gasteiger partial charge on any atom is -0.389 e. The van der Waals surface area contributed by atoms with Gasteiger partial charge < -0.3 is 59.2 Å². The zero-order valence-electron chi connectivity index (χ0n) is 34.4. The molecule has 5 saturated heterocycles. The van der Waals surface area contributed by atoms with Crippen molar-refractivity contribution in [2.75, 3.05) is 86.6 Å². The van der Waals surface area contributed by atoms with Crippen LogP contribution in [0.5, 0.6) is 0 Å². The molecule has 12 nitrogen and oxygen atoms in total. The molecule has 308 valence electrons. The van der Waals surface area contributed by atoms with Gasteiger partial charge in [0.05, 0.1) is 73.2 Å². The second-order valence-electron chi connectivity index (χ2n) is 16.0. The van der Waals surface area contributed by atoms with Gasteiger partial charge in [0.15, 0.2) is 0 Å². The molecule has 5 rings (SSSR count). The summed E-state index contributed by atoms with van der Waals surface area (Å²) in [6, 6.07) is 0. The number of hydrogen-bond donors (Lipinski definition) is 4. The summed E-state index contributed by atoms with van der Waals surface area (Å²) in [5, 5.41) is 24.9. The molecule has 0 aromatic rings. The number of nitrogens with zero attached hydrogens (tertiary/aromatic N) is 3. The van der Waals surface area contributed by atoms with Crippen LogP contribution >= 0.6 is 0 Å². The van der Waals surface area contributed by atoms with E-state index in [-0.39, 0.29) is 44.1 Å². The molecular weight excluding hydrogens is 650 g/mol. The van der Waals surface area contributed by atoms with Crippen LogP contribution < -0.4 is 10.6 Å². The molecule has 51 heavy (non-hydrogen) atoms. The Balaban J connectivity index is 0.000000612. The van der Waals surface area contributed by atoms with Gasteiger partial charge in [-0.15, -0.1) is 0 Å². The van der Waals surface area contributed by atoms with Crippen LogP contribution in [0.15, 0.2) is 0 Å². The molecule has 5 atom stereocenters. The Morgan fingerprint density at radius 1 is 0.451 bits per heavy atom. The zero-order valence-corrected chi connectivity index (χ0v) is 34.4. The van der Waals surface area contributed by atoms with E-state index in [0.29, 0.717) is 43.2 Å². The van der Waals surface area contributed by atoms with Crippen molar-refractivity contribution in [2.45, 2.75) is 169 Å². The standard InChI is InChI=1S/C9H19NO.C8H17NO2.C8H17NO.C7H15NO2.C6H13NO.CH4/c1-8(2)11-9-4-6-10(3)7-5-9;1-6(2)11-8-5-9(3)4-7(8)10;1-7(2)10-8-4-5-9(3)6-8;1-5(2)10-7-4-8-3-6(7)9;1-5(2)8-6-3-7-4-6;/h8-9H,4-7H2,1-3H3;6-8,10H,4-5H2,1-3H3;7-8H,4-6H2,1-3H3;5-9H,3-4H2,1-2H3;5-7H,3-4H2,1-2H3;1H4. The lowest BCUT2D eigenvalue weighted by atomic mass is 10.1. The van der Waals surface area contributed by atoms with Crippen LogP contribution in [0.1, 0.15) is 95.9 Å². The van der Waals surface area contributed by atoms with Crippen LogP contribution in [-0.2, 0) is 23.7 Å². The van der Waals surface area contributed by atoms with Crippen molar-refractivity contribution in [1.82, 2.24) is 25.3 Å². The number of aliphatic hydroxyl groups excluding tert-OH is 2. The predicted octanol–water partition coefficient (Wildman–Crippen LogP) is 3.47. The molecule has 0 aliphatic carbocycles. The van der Waals surface area contributed by atoms with E-state index >= 15 is 0 Å². The SMILES string of the molecule is C.CC(C)OC1CCN(C)C1.CC(C)OC1CCN(C)CC1.CC(C)OC1CN(C)CC1O.CC(C)OC1CNC1.CC(C)OC1CNCC1O. The first kappa shape index (κ1) is 50.5. The summed E-state index contributed by atoms with van der Waals surface area (Å²) in [7, 11) is 6.31. The van der Waals surface area contributed by atoms with Crippen molar-refractivity contribution in [2.24, 2.45) is 0 Å². The van der Waals surface area contributed by atoms with Crippen molar-refractivity contribution in [3.05, 3.63) is 0 Å². The van der Waals surface area contributed by atoms with E-state index in [1.165, 1.54) is 38.9 Å². The number of likely N-dealkylation sites (tertiary alicyclic amines) is 3. The molecule has 12 heteroatoms. The monoisotopic (exact) mass is 736 g/mol. The van der Waals surface area contributed by atoms with Gasteiger partial charge in [-0.05, 0) is 110 Å². The van der Waals surface area contributed by atoms with Crippen molar-refractivity contribution >= 4 is 0 Å². The summed E-state index contributed by atoms with van der Waals surface area (Å²) >= 11 is 0. The third kappa shape index (κ3) is 25.3. The first-order chi connectivity index (χ1) is 23.4. The molecule has 0 bridgehead atoms. The van der Waals surface area contributed by atoms with Crippen LogP contribution in [0.2, 0.25) is 0 Å². The first-order valence-electron chi connectivity index (χ1n) is 19.5. The molecular formula is C39H85N5O7. The Labute approximate surface area is 314 Å². The molecule has 0 spiro atoms. The van der Waals surface area contributed by atoms with E-state index in [4.69, 9.17) is 23.7 Å². The van der Waals surface area contributed by atoms with Gasteiger partial charge in [-0.1, -0.05) is 7.43 Å². The number of likely N-dealkylation sites (N-methyl/N-ethyl adjacent to an activating group) is 2. The molecule has 5 aliphatic rings. The summed E-state index contributed by atoms with van der Waals surface area (Å²) in [5.41, 5.74) is 0. The smallest absolute Gasteiger partial charge is 0.0976 e. The van der Waals surface area contributed by atoms with E-state index in [1.54, 1.807) is 0 Å². The number of β-amino-alcohol motifs (C(OH)–C–C–N with tert-alkyl or cyclic N) is 2. The third-order valence-electron chi connectivity index (χ3n) is 8.59. The van der Waals surface area contributed by atoms with Gasteiger partial charge in [-0.3, -0.25) is 0 Å². The maximum absolute atomic E-state index is 9.44. The van der Waals surface area contributed by atoms with Crippen molar-refractivity contribution in [3.63, 3.8) is 0 Å². The number of piperidine rings is 1. The van der Waals surface area contributed by atoms with E-state index in [0.717, 1.165) is 39.3 Å². The van der Waals surface area contributed by atoms with Crippen molar-refractivity contribution in [1.29, 1.82) is 0 Å². The number of aliphatic hydroxyl groups is 2. The number of hydrogen-bond acceptors (Lipinski definition) is 12. The molecule has 0 radical (unpaired) electrons. The quantitative estimate of drug-likeness (QED) is 0.263. The molecule has 0 aromatic heterocycles. The fourth-order valence-corrected chi connectivity index (χ4v) is 6.19. The molecule has 5 aliphatic heterocycles. The number of rotatable bonds is 10. The third-order valence-corrected chi connectivity index (χ3v) is 8.59. The lowest BCUT2D eigenvalue weighted by Gasteiger charge is -2.30. The average molecular weight is 736 g/mol. The van der Waals surface area contributed by atoms with Gasteiger partial charge in [0.1, 0.15) is 0 Å². The molecule has 5 unspecified atom stereocenters. The Hall–Kier alpha value is -0.480. The van der Waals surface area contributed by atoms with Crippen LogP contribution in [0.4, 0.5) is 0 Å². The highest BCUT2D eigenvalue weighted by Crippen LogP contribution is 2.15. The second kappa shape index (κ2) is 28.0. The molecule has 0 amide bonds. The molecule has 0 saturated carbocycles. The Bertz CT molecular complexity index is 813. The predicted molar refractivity (Wildman–Crippen MR) is 211 cm³/mol. The summed E-state index contributed by atoms with van der Waals surface area (Å²) in [5.74, 6) is 0. The highest BCUT2D eigenvalue weighted by atomic mass is 16.5. The zero-order chi connectivity index (χ0) is 37.8. The Kier molecular flexibility index (Phi) is 27.7. The van der Waals surface area contributed by atoms with Crippen molar-refractivity contribution in [3.8, 4) is 0 Å². The summed E-state index contributed by atoms with van der Waals surface area (Å²) in [6.07, 6.45) is 6.09. The van der Waals surface area contributed by atoms with Gasteiger partial charge >= 0.3 is 0 Å². The average Bonchev–Trinajstić information content (AvgIpc) is 3.67. The summed E-state index contributed by atoms with van der Waals surface area (Å²) < 4.78 is 27.7. The minimum absolute atomic E-state index is 0. The van der Waals surface area contributed by atoms with Gasteiger partial charge in [-0.25, -0.2) is 0 Å². The van der Waals surface area contributed by atoms with Crippen molar-refractivity contribution < 1.29 is 33.9 Å². The second-order valence-corrected chi connectivity index (χ2v) is 16.0. The molecule has 5 fully saturated rings. The first-order valence-corrected chi connectivity index (χ1v) is 19.5. The van der Waals surface area contributed by atoms with Crippen LogP contribution in [0, 0.1) is 0 Å². The van der Waals surface area contributed by atoms with Crippen LogP contribution in [0.3, 0.4) is 0 Å². The van der Waals surface area contributed by atoms with Crippen LogP contribution in [0.25, 0.3) is 0 Å². The van der Waals surface area contributed by atoms with Crippen LogP contribution in [-0.4, -0.2) is 185 Å². The largest absolute Gasteiger partial charge is 0.389 e. The number of nitrogens with one attached hydrogen (secondary N) is 2. The maximum atomic E-state index is 9.44. The fourth-order valence-electron chi connectivity index (χ4n) is 6.19. The topological polar surface area (TPSA) is 120 Å². The highest BCUT2D eigenvalue weighted by molar-refractivity contribution is 4.83. The molecule has 5 heterocycles. The van der Waals surface area contributed by atoms with E-state index in [9.17, 15) is 10.2 Å². The Morgan fingerprint density at radius 3 is 1.24 bits per heavy atom. The van der Waals surface area contributed by atoms with E-state index in [2.05, 4.69) is 81.0 Å². The summed E-state index contributed by atoms with van der Waals surface area (Å²) in [4.78, 5) is 6.75. The van der Waals surface area contributed by atoms with E-state index < -0.39 is 0 Å². The van der Waals surface area contributed by atoms with Gasteiger partial charge in [0, 0.05) is 65.4 Å². The van der Waals surface area contributed by atoms with E-state index in [1.807, 2.05) is 34.7 Å².